The van der Waals surface area contributed by atoms with Gasteiger partial charge in [0.15, 0.2) is 0 Å². The highest BCUT2D eigenvalue weighted by molar-refractivity contribution is 5.79. The number of nitrogens with one attached hydrogen (secondary N) is 1. The number of aromatic nitrogens is 1. The van der Waals surface area contributed by atoms with Crippen LogP contribution in [0.4, 0.5) is 0 Å². The molecule has 1 aliphatic rings. The average molecular weight is 283 g/mol. The highest BCUT2D eigenvalue weighted by atomic mass is 15.2. The summed E-state index contributed by atoms with van der Waals surface area (Å²) in [6, 6.07) is 11.1. The Morgan fingerprint density at radius 3 is 2.67 bits per heavy atom. The molecule has 112 valence electrons. The van der Waals surface area contributed by atoms with E-state index in [9.17, 15) is 0 Å². The topological polar surface area (TPSA) is 28.2 Å². The van der Waals surface area contributed by atoms with Crippen LogP contribution in [0, 0.1) is 0 Å². The molecule has 1 saturated heterocycles. The summed E-state index contributed by atoms with van der Waals surface area (Å²) in [7, 11) is 2.07. The number of nitrogens with zero attached hydrogens (tertiary/aromatic N) is 2. The van der Waals surface area contributed by atoms with E-state index in [0.29, 0.717) is 6.04 Å². The molecular weight excluding hydrogens is 258 g/mol. The van der Waals surface area contributed by atoms with Gasteiger partial charge in [0, 0.05) is 23.2 Å². The molecule has 0 spiro atoms. The minimum absolute atomic E-state index is 0.112. The Kier molecular flexibility index (Phi) is 3.96. The predicted octanol–water partition coefficient (Wildman–Crippen LogP) is 3.37. The lowest BCUT2D eigenvalue weighted by atomic mass is 9.86. The molecule has 0 radical (unpaired) electrons. The summed E-state index contributed by atoms with van der Waals surface area (Å²) in [6.45, 7) is 7.13. The maximum Gasteiger partial charge on any atom is 0.0702 e. The standard InChI is InChI=1S/C18H25N3/c1-18(2,21-11-4-5-12-21)17(19-3)15-8-9-16-14(13-15)7-6-10-20-16/h6-10,13,17,19H,4-5,11-12H2,1-3H3. The molecule has 0 amide bonds. The van der Waals surface area contributed by atoms with Gasteiger partial charge in [0.2, 0.25) is 0 Å². The predicted molar refractivity (Wildman–Crippen MR) is 88.4 cm³/mol. The molecule has 2 aromatic rings. The van der Waals surface area contributed by atoms with Gasteiger partial charge in [-0.1, -0.05) is 12.1 Å². The molecule has 1 N–H and O–H groups in total. The number of rotatable bonds is 4. The fraction of sp³-hybridized carbons (Fsp3) is 0.500. The molecule has 21 heavy (non-hydrogen) atoms. The molecule has 3 rings (SSSR count). The smallest absolute Gasteiger partial charge is 0.0702 e. The van der Waals surface area contributed by atoms with E-state index in [0.717, 1.165) is 5.52 Å². The van der Waals surface area contributed by atoms with Crippen molar-refractivity contribution in [3.8, 4) is 0 Å². The average Bonchev–Trinajstić information content (AvgIpc) is 3.02. The van der Waals surface area contributed by atoms with Crippen molar-refractivity contribution < 1.29 is 0 Å². The van der Waals surface area contributed by atoms with E-state index in [4.69, 9.17) is 0 Å². The maximum absolute atomic E-state index is 4.42. The van der Waals surface area contributed by atoms with E-state index >= 15 is 0 Å². The first-order chi connectivity index (χ1) is 10.1. The van der Waals surface area contributed by atoms with Crippen LogP contribution < -0.4 is 5.32 Å². The van der Waals surface area contributed by atoms with Gasteiger partial charge in [-0.2, -0.15) is 0 Å². The zero-order chi connectivity index (χ0) is 14.9. The van der Waals surface area contributed by atoms with Gasteiger partial charge >= 0.3 is 0 Å². The zero-order valence-electron chi connectivity index (χ0n) is 13.3. The lowest BCUT2D eigenvalue weighted by molar-refractivity contribution is 0.110. The third-order valence-corrected chi connectivity index (χ3v) is 4.88. The van der Waals surface area contributed by atoms with Gasteiger partial charge in [0.25, 0.3) is 0 Å². The number of likely N-dealkylation sites (tertiary alicyclic amines) is 1. The molecular formula is C18H25N3. The highest BCUT2D eigenvalue weighted by Crippen LogP contribution is 2.34. The maximum atomic E-state index is 4.42. The Morgan fingerprint density at radius 2 is 1.95 bits per heavy atom. The largest absolute Gasteiger partial charge is 0.311 e. The lowest BCUT2D eigenvalue weighted by Crippen LogP contribution is -2.50. The van der Waals surface area contributed by atoms with E-state index in [1.807, 2.05) is 12.3 Å². The second kappa shape index (κ2) is 5.74. The second-order valence-electron chi connectivity index (χ2n) is 6.53. The van der Waals surface area contributed by atoms with Gasteiger partial charge in [-0.25, -0.2) is 0 Å². The number of pyridine rings is 1. The Bertz CT molecular complexity index is 615. The van der Waals surface area contributed by atoms with E-state index in [1.54, 1.807) is 0 Å². The fourth-order valence-corrected chi connectivity index (χ4v) is 3.68. The number of likely N-dealkylation sites (N-methyl/N-ethyl adjacent to an activating group) is 1. The third kappa shape index (κ3) is 2.68. The highest BCUT2D eigenvalue weighted by Gasteiger charge is 2.36. The summed E-state index contributed by atoms with van der Waals surface area (Å²) in [5.74, 6) is 0. The van der Waals surface area contributed by atoms with Crippen molar-refractivity contribution in [3.05, 3.63) is 42.1 Å². The molecule has 1 unspecified atom stereocenters. The molecule has 0 bridgehead atoms. The fourth-order valence-electron chi connectivity index (χ4n) is 3.68. The van der Waals surface area contributed by atoms with Crippen LogP contribution in [0.1, 0.15) is 38.3 Å². The van der Waals surface area contributed by atoms with Crippen LogP contribution in [-0.2, 0) is 0 Å². The molecule has 0 aliphatic carbocycles. The van der Waals surface area contributed by atoms with Crippen LogP contribution in [0.3, 0.4) is 0 Å². The Hall–Kier alpha value is -1.45. The minimum atomic E-state index is 0.112. The van der Waals surface area contributed by atoms with Crippen LogP contribution >= 0.6 is 0 Å². The van der Waals surface area contributed by atoms with Crippen molar-refractivity contribution in [1.29, 1.82) is 0 Å². The summed E-state index contributed by atoms with van der Waals surface area (Å²) in [5.41, 5.74) is 2.52. The molecule has 2 heterocycles. The first-order valence-electron chi connectivity index (χ1n) is 7.90. The van der Waals surface area contributed by atoms with Crippen molar-refractivity contribution in [2.75, 3.05) is 20.1 Å². The first kappa shape index (κ1) is 14.5. The van der Waals surface area contributed by atoms with E-state index in [1.165, 1.54) is 36.9 Å². The van der Waals surface area contributed by atoms with Crippen LogP contribution in [0.2, 0.25) is 0 Å². The quantitative estimate of drug-likeness (QED) is 0.932. The molecule has 0 saturated carbocycles. The van der Waals surface area contributed by atoms with E-state index in [-0.39, 0.29) is 5.54 Å². The summed E-state index contributed by atoms with van der Waals surface area (Å²) in [5, 5.41) is 4.75. The Balaban J connectivity index is 1.96. The molecule has 3 heteroatoms. The summed E-state index contributed by atoms with van der Waals surface area (Å²) < 4.78 is 0. The molecule has 1 aromatic carbocycles. The van der Waals surface area contributed by atoms with Gasteiger partial charge < -0.3 is 5.32 Å². The normalized spacial score (nSPS) is 18.2. The van der Waals surface area contributed by atoms with Crippen molar-refractivity contribution in [3.63, 3.8) is 0 Å². The summed E-state index contributed by atoms with van der Waals surface area (Å²) in [6.07, 6.45) is 4.49. The number of hydrogen-bond donors (Lipinski definition) is 1. The molecule has 1 aliphatic heterocycles. The van der Waals surface area contributed by atoms with Crippen LogP contribution in [0.5, 0.6) is 0 Å². The molecule has 3 nitrogen and oxygen atoms in total. The van der Waals surface area contributed by atoms with Crippen molar-refractivity contribution in [2.24, 2.45) is 0 Å². The van der Waals surface area contributed by atoms with Crippen molar-refractivity contribution in [2.45, 2.75) is 38.3 Å². The SMILES string of the molecule is CNC(c1ccc2ncccc2c1)C(C)(C)N1CCCC1. The van der Waals surface area contributed by atoms with Gasteiger partial charge in [0.05, 0.1) is 5.52 Å². The lowest BCUT2D eigenvalue weighted by Gasteiger charge is -2.42. The first-order valence-corrected chi connectivity index (χ1v) is 7.90. The molecule has 1 atom stereocenters. The second-order valence-corrected chi connectivity index (χ2v) is 6.53. The molecule has 1 fully saturated rings. The van der Waals surface area contributed by atoms with Gasteiger partial charge in [-0.3, -0.25) is 9.88 Å². The number of hydrogen-bond acceptors (Lipinski definition) is 3. The van der Waals surface area contributed by atoms with Crippen LogP contribution in [-0.4, -0.2) is 35.6 Å². The zero-order valence-corrected chi connectivity index (χ0v) is 13.3. The van der Waals surface area contributed by atoms with Crippen LogP contribution in [0.25, 0.3) is 10.9 Å². The Labute approximate surface area is 127 Å². The summed E-state index contributed by atoms with van der Waals surface area (Å²) in [4.78, 5) is 7.03. The van der Waals surface area contributed by atoms with E-state index in [2.05, 4.69) is 60.4 Å². The number of benzene rings is 1. The van der Waals surface area contributed by atoms with Crippen molar-refractivity contribution in [1.82, 2.24) is 15.2 Å². The molecule has 1 aromatic heterocycles. The van der Waals surface area contributed by atoms with Crippen LogP contribution in [0.15, 0.2) is 36.5 Å². The van der Waals surface area contributed by atoms with Gasteiger partial charge in [-0.05, 0) is 70.6 Å². The van der Waals surface area contributed by atoms with Gasteiger partial charge in [0.1, 0.15) is 0 Å². The third-order valence-electron chi connectivity index (χ3n) is 4.88. The Morgan fingerprint density at radius 1 is 1.19 bits per heavy atom. The van der Waals surface area contributed by atoms with Gasteiger partial charge in [-0.15, -0.1) is 0 Å². The summed E-state index contributed by atoms with van der Waals surface area (Å²) >= 11 is 0. The number of fused-ring (bicyclic) bond motifs is 1. The monoisotopic (exact) mass is 283 g/mol. The van der Waals surface area contributed by atoms with Crippen molar-refractivity contribution >= 4 is 10.9 Å². The minimum Gasteiger partial charge on any atom is -0.311 e. The van der Waals surface area contributed by atoms with E-state index < -0.39 is 0 Å².